The number of nitrogens with zero attached hydrogens (tertiary/aromatic N) is 3. The Morgan fingerprint density at radius 1 is 1.21 bits per heavy atom. The summed E-state index contributed by atoms with van der Waals surface area (Å²) in [7, 11) is 0. The van der Waals surface area contributed by atoms with Crippen molar-refractivity contribution in [1.82, 2.24) is 0 Å². The van der Waals surface area contributed by atoms with E-state index in [1.165, 1.54) is 54.6 Å². The fourth-order valence-electron chi connectivity index (χ4n) is 3.22. The molecule has 0 unspecified atom stereocenters. The number of hydrazone groups is 1. The van der Waals surface area contributed by atoms with Crippen molar-refractivity contribution in [3.05, 3.63) is 80.6 Å². The molecule has 1 amide bonds. The van der Waals surface area contributed by atoms with Crippen LogP contribution >= 0.6 is 11.6 Å². The van der Waals surface area contributed by atoms with E-state index in [9.17, 15) is 29.9 Å². The lowest BCUT2D eigenvalue weighted by Crippen LogP contribution is -2.21. The van der Waals surface area contributed by atoms with Crippen LogP contribution in [0.2, 0.25) is 5.02 Å². The second kappa shape index (κ2) is 8.24. The molecule has 0 spiro atoms. The summed E-state index contributed by atoms with van der Waals surface area (Å²) in [5.41, 5.74) is 0.535. The molecule has 1 aliphatic heterocycles. The van der Waals surface area contributed by atoms with E-state index in [2.05, 4.69) is 5.10 Å². The number of anilines is 1. The first-order valence-electron chi connectivity index (χ1n) is 9.38. The summed E-state index contributed by atoms with van der Waals surface area (Å²) >= 11 is 5.89. The third kappa shape index (κ3) is 4.06. The van der Waals surface area contributed by atoms with Crippen molar-refractivity contribution in [3.8, 4) is 17.1 Å². The first-order valence-corrected chi connectivity index (χ1v) is 9.75. The molecule has 2 heterocycles. The number of furan rings is 1. The van der Waals surface area contributed by atoms with Gasteiger partial charge in [0.05, 0.1) is 38.0 Å². The number of amides is 1. The highest BCUT2D eigenvalue weighted by atomic mass is 35.5. The fourth-order valence-corrected chi connectivity index (χ4v) is 3.42. The molecule has 33 heavy (non-hydrogen) atoms. The van der Waals surface area contributed by atoms with Crippen molar-refractivity contribution in [2.24, 2.45) is 5.10 Å². The first-order chi connectivity index (χ1) is 15.7. The Balaban J connectivity index is 1.65. The van der Waals surface area contributed by atoms with E-state index in [1.54, 1.807) is 6.92 Å². The molecule has 0 bridgehead atoms. The molecule has 10 nitrogen and oxygen atoms in total. The van der Waals surface area contributed by atoms with Gasteiger partial charge in [0, 0.05) is 12.1 Å². The highest BCUT2D eigenvalue weighted by Crippen LogP contribution is 2.35. The Labute approximate surface area is 190 Å². The number of carboxylic acid groups (broad SMARTS) is 1. The number of hydrogen-bond acceptors (Lipinski definition) is 7. The molecule has 166 valence electrons. The van der Waals surface area contributed by atoms with Crippen LogP contribution in [0.1, 0.15) is 23.0 Å². The quantitative estimate of drug-likeness (QED) is 0.313. The molecule has 0 aliphatic carbocycles. The average molecular weight is 468 g/mol. The number of carbonyl (C=O) groups is 2. The van der Waals surface area contributed by atoms with Crippen molar-refractivity contribution >= 4 is 46.6 Å². The molecule has 3 aromatic rings. The molecule has 1 aromatic heterocycles. The van der Waals surface area contributed by atoms with Gasteiger partial charge in [0.15, 0.2) is 0 Å². The van der Waals surface area contributed by atoms with Crippen molar-refractivity contribution < 1.29 is 29.1 Å². The number of phenolic OH excluding ortho intramolecular Hbond substituents is 1. The van der Waals surface area contributed by atoms with Gasteiger partial charge in [-0.25, -0.2) is 4.79 Å². The van der Waals surface area contributed by atoms with Gasteiger partial charge in [0.1, 0.15) is 17.3 Å². The van der Waals surface area contributed by atoms with Crippen molar-refractivity contribution in [1.29, 1.82) is 0 Å². The lowest BCUT2D eigenvalue weighted by atomic mass is 10.1. The minimum atomic E-state index is -1.24. The second-order valence-corrected chi connectivity index (χ2v) is 7.40. The number of halogens is 1. The zero-order chi connectivity index (χ0) is 23.9. The van der Waals surface area contributed by atoms with Gasteiger partial charge in [-0.05, 0) is 49.4 Å². The third-order valence-corrected chi connectivity index (χ3v) is 5.19. The maximum atomic E-state index is 12.9. The number of carbonyl (C=O) groups excluding carboxylic acids is 1. The summed E-state index contributed by atoms with van der Waals surface area (Å²) in [6, 6.07) is 10.7. The monoisotopic (exact) mass is 467 g/mol. The van der Waals surface area contributed by atoms with Gasteiger partial charge in [0.25, 0.3) is 11.6 Å². The maximum Gasteiger partial charge on any atom is 0.337 e. The summed E-state index contributed by atoms with van der Waals surface area (Å²) < 4.78 is 5.67. The fraction of sp³-hybridized carbons (Fsp3) is 0.0455. The van der Waals surface area contributed by atoms with Crippen LogP contribution in [0.3, 0.4) is 0 Å². The third-order valence-electron chi connectivity index (χ3n) is 4.86. The molecule has 1 aliphatic rings. The largest absolute Gasteiger partial charge is 0.507 e. The molecule has 2 N–H and O–H groups in total. The van der Waals surface area contributed by atoms with Gasteiger partial charge in [-0.1, -0.05) is 11.6 Å². The Morgan fingerprint density at radius 3 is 2.67 bits per heavy atom. The van der Waals surface area contributed by atoms with Gasteiger partial charge in [-0.3, -0.25) is 14.9 Å². The van der Waals surface area contributed by atoms with Gasteiger partial charge in [-0.15, -0.1) is 0 Å². The first kappa shape index (κ1) is 21.8. The van der Waals surface area contributed by atoms with Crippen molar-refractivity contribution in [2.75, 3.05) is 5.01 Å². The summed E-state index contributed by atoms with van der Waals surface area (Å²) in [5.74, 6) is -1.53. The number of rotatable bonds is 5. The van der Waals surface area contributed by atoms with Crippen molar-refractivity contribution in [3.63, 3.8) is 0 Å². The van der Waals surface area contributed by atoms with Crippen LogP contribution in [-0.4, -0.2) is 32.7 Å². The number of aromatic hydroxyl groups is 1. The summed E-state index contributed by atoms with van der Waals surface area (Å²) in [6.45, 7) is 1.61. The van der Waals surface area contributed by atoms with Gasteiger partial charge >= 0.3 is 5.97 Å². The van der Waals surface area contributed by atoms with Gasteiger partial charge in [-0.2, -0.15) is 10.1 Å². The number of benzene rings is 2. The molecular formula is C22H14ClN3O7. The summed E-state index contributed by atoms with van der Waals surface area (Å²) in [6.07, 6.45) is 1.44. The average Bonchev–Trinajstić information content (AvgIpc) is 3.34. The van der Waals surface area contributed by atoms with Gasteiger partial charge < -0.3 is 14.6 Å². The smallest absolute Gasteiger partial charge is 0.337 e. The summed E-state index contributed by atoms with van der Waals surface area (Å²) in [4.78, 5) is 34.7. The Morgan fingerprint density at radius 2 is 1.97 bits per heavy atom. The molecule has 0 atom stereocenters. The highest BCUT2D eigenvalue weighted by Gasteiger charge is 2.30. The Bertz CT molecular complexity index is 1390. The predicted octanol–water partition coefficient (Wildman–Crippen LogP) is 4.72. The number of nitro benzene ring substituents is 1. The van der Waals surface area contributed by atoms with Crippen LogP contribution in [0.5, 0.6) is 5.75 Å². The van der Waals surface area contributed by atoms with Crippen LogP contribution in [0, 0.1) is 10.1 Å². The maximum absolute atomic E-state index is 12.9. The topological polar surface area (TPSA) is 146 Å². The molecule has 0 radical (unpaired) electrons. The van der Waals surface area contributed by atoms with Crippen LogP contribution in [-0.2, 0) is 4.79 Å². The predicted molar refractivity (Wildman–Crippen MR) is 119 cm³/mol. The number of carboxylic acids is 1. The highest BCUT2D eigenvalue weighted by molar-refractivity contribution is 6.34. The SMILES string of the molecule is CC1=NN(c2ccc(Cl)c(C(=O)O)c2)C(=O)C1=Cc1ccc(-c2cc([N+](=O)[O-])ccc2O)o1. The van der Waals surface area contributed by atoms with E-state index in [1.807, 2.05) is 0 Å². The van der Waals surface area contributed by atoms with E-state index in [0.717, 1.165) is 5.01 Å². The number of nitro groups is 1. The zero-order valence-electron chi connectivity index (χ0n) is 16.9. The molecule has 2 aromatic carbocycles. The molecule has 0 saturated carbocycles. The van der Waals surface area contributed by atoms with E-state index in [0.29, 0.717) is 5.71 Å². The standard InChI is InChI=1S/C22H14ClN3O7/c1-11-15(21(28)25(24-11)12-2-5-18(23)16(8-12)22(29)30)10-14-4-7-20(33-14)17-9-13(26(31)32)3-6-19(17)27/h2-10,27H,1H3,(H,29,30). The minimum absolute atomic E-state index is 0.0295. The molecule has 11 heteroatoms. The lowest BCUT2D eigenvalue weighted by molar-refractivity contribution is -0.384. The Kier molecular flexibility index (Phi) is 5.44. The minimum Gasteiger partial charge on any atom is -0.507 e. The molecule has 0 fully saturated rings. The van der Waals surface area contributed by atoms with Crippen LogP contribution in [0.15, 0.2) is 63.6 Å². The molecule has 0 saturated heterocycles. The van der Waals surface area contributed by atoms with Gasteiger partial charge in [0.2, 0.25) is 0 Å². The zero-order valence-corrected chi connectivity index (χ0v) is 17.6. The number of phenols is 1. The Hall–Kier alpha value is -4.44. The lowest BCUT2D eigenvalue weighted by Gasteiger charge is -2.12. The van der Waals surface area contributed by atoms with E-state index in [4.69, 9.17) is 16.0 Å². The van der Waals surface area contributed by atoms with Crippen LogP contribution in [0.25, 0.3) is 17.4 Å². The van der Waals surface area contributed by atoms with Crippen molar-refractivity contribution in [2.45, 2.75) is 6.92 Å². The number of hydrogen-bond donors (Lipinski definition) is 2. The van der Waals surface area contributed by atoms with Crippen LogP contribution < -0.4 is 5.01 Å². The van der Waals surface area contributed by atoms with Crippen LogP contribution in [0.4, 0.5) is 11.4 Å². The normalized spacial score (nSPS) is 14.6. The number of non-ortho nitro benzene ring substituents is 1. The van der Waals surface area contributed by atoms with E-state index >= 15 is 0 Å². The van der Waals surface area contributed by atoms with E-state index < -0.39 is 16.8 Å². The second-order valence-electron chi connectivity index (χ2n) is 6.99. The van der Waals surface area contributed by atoms with E-state index in [-0.39, 0.29) is 50.4 Å². The summed E-state index contributed by atoms with van der Waals surface area (Å²) in [5, 5.41) is 35.6. The molecular weight excluding hydrogens is 454 g/mol. The molecule has 4 rings (SSSR count). The number of aromatic carboxylic acids is 1.